The quantitative estimate of drug-likeness (QED) is 0.325. The van der Waals surface area contributed by atoms with Gasteiger partial charge in [0.15, 0.2) is 5.16 Å². The predicted octanol–water partition coefficient (Wildman–Crippen LogP) is 4.46. The first-order valence-electron chi connectivity index (χ1n) is 8.84. The lowest BCUT2D eigenvalue weighted by molar-refractivity contribution is 0.0959. The zero-order valence-electron chi connectivity index (χ0n) is 15.8. The zero-order valence-corrected chi connectivity index (χ0v) is 17.4. The Morgan fingerprint density at radius 3 is 2.21 bits per heavy atom. The topological polar surface area (TPSA) is 66.9 Å². The number of amides is 1. The van der Waals surface area contributed by atoms with E-state index in [0.717, 1.165) is 11.3 Å². The van der Waals surface area contributed by atoms with Gasteiger partial charge in [-0.15, -0.1) is 11.8 Å². The summed E-state index contributed by atoms with van der Waals surface area (Å²) in [6.07, 6.45) is 1.93. The lowest BCUT2D eigenvalue weighted by Gasteiger charge is -2.15. The fourth-order valence-electron chi connectivity index (χ4n) is 2.58. The van der Waals surface area contributed by atoms with Crippen LogP contribution in [0.4, 0.5) is 5.82 Å². The Labute approximate surface area is 173 Å². The van der Waals surface area contributed by atoms with Gasteiger partial charge >= 0.3 is 0 Å². The number of nitrogens with one attached hydrogen (secondary N) is 2. The van der Waals surface area contributed by atoms with Gasteiger partial charge in [-0.05, 0) is 17.4 Å². The third-order valence-corrected chi connectivity index (χ3v) is 5.61. The molecule has 0 bridgehead atoms. The van der Waals surface area contributed by atoms with Crippen LogP contribution in [0.2, 0.25) is 0 Å². The molecule has 0 saturated heterocycles. The maximum atomic E-state index is 12.6. The van der Waals surface area contributed by atoms with E-state index < -0.39 is 0 Å². The molecule has 1 amide bonds. The van der Waals surface area contributed by atoms with Gasteiger partial charge in [0.25, 0.3) is 5.91 Å². The number of nitrogens with zero attached hydrogens (tertiary/aromatic N) is 2. The lowest BCUT2D eigenvalue weighted by Crippen LogP contribution is -2.22. The highest BCUT2D eigenvalue weighted by Gasteiger charge is 2.21. The van der Waals surface area contributed by atoms with Gasteiger partial charge in [-0.25, -0.2) is 9.97 Å². The molecular formula is C21H22N4OS2. The van der Waals surface area contributed by atoms with Crippen LogP contribution < -0.4 is 10.6 Å². The van der Waals surface area contributed by atoms with Crippen molar-refractivity contribution in [3.63, 3.8) is 0 Å². The number of aromatic nitrogens is 2. The molecule has 0 aliphatic rings. The predicted molar refractivity (Wildman–Crippen MR) is 117 cm³/mol. The van der Waals surface area contributed by atoms with E-state index in [-0.39, 0.29) is 5.91 Å². The summed E-state index contributed by atoms with van der Waals surface area (Å²) in [6.45, 7) is 0.582. The standard InChI is InChI=1S/C21H22N4OS2/c1-22-19(26)17-18(23-13-15-9-5-3-6-10-15)24-21(27-2)25-20(17)28-14-16-11-7-4-8-12-16/h3-12H,13-14H2,1-2H3,(H,22,26)(H,23,24,25). The average Bonchev–Trinajstić information content (AvgIpc) is 2.76. The average molecular weight is 411 g/mol. The second kappa shape index (κ2) is 10.1. The third kappa shape index (κ3) is 5.27. The number of hydrogen-bond acceptors (Lipinski definition) is 6. The van der Waals surface area contributed by atoms with Crippen molar-refractivity contribution >= 4 is 35.2 Å². The fourth-order valence-corrected chi connectivity index (χ4v) is 3.98. The Balaban J connectivity index is 1.91. The lowest BCUT2D eigenvalue weighted by atomic mass is 10.2. The summed E-state index contributed by atoms with van der Waals surface area (Å²) in [4.78, 5) is 21.8. The van der Waals surface area contributed by atoms with E-state index in [4.69, 9.17) is 0 Å². The molecule has 5 nitrogen and oxygen atoms in total. The maximum Gasteiger partial charge on any atom is 0.257 e. The Kier molecular flexibility index (Phi) is 7.33. The molecule has 0 atom stereocenters. The van der Waals surface area contributed by atoms with Crippen LogP contribution in [-0.2, 0) is 12.3 Å². The van der Waals surface area contributed by atoms with Crippen LogP contribution >= 0.6 is 23.5 Å². The van der Waals surface area contributed by atoms with E-state index >= 15 is 0 Å². The van der Waals surface area contributed by atoms with Crippen molar-refractivity contribution in [3.8, 4) is 0 Å². The second-order valence-corrected chi connectivity index (χ2v) is 7.67. The monoisotopic (exact) mass is 410 g/mol. The van der Waals surface area contributed by atoms with Crippen molar-refractivity contribution in [3.05, 3.63) is 77.4 Å². The molecule has 1 heterocycles. The molecule has 0 aliphatic carbocycles. The van der Waals surface area contributed by atoms with Crippen LogP contribution in [0.25, 0.3) is 0 Å². The van der Waals surface area contributed by atoms with E-state index in [0.29, 0.717) is 28.1 Å². The normalized spacial score (nSPS) is 10.5. The van der Waals surface area contributed by atoms with Crippen LogP contribution in [0.15, 0.2) is 70.8 Å². The Morgan fingerprint density at radius 1 is 0.964 bits per heavy atom. The Bertz CT molecular complexity index is 856. The smallest absolute Gasteiger partial charge is 0.257 e. The highest BCUT2D eigenvalue weighted by molar-refractivity contribution is 7.99. The molecule has 0 fully saturated rings. The zero-order chi connectivity index (χ0) is 19.8. The van der Waals surface area contributed by atoms with Gasteiger partial charge in [-0.1, -0.05) is 72.4 Å². The minimum Gasteiger partial charge on any atom is -0.365 e. The highest BCUT2D eigenvalue weighted by Crippen LogP contribution is 2.30. The van der Waals surface area contributed by atoms with Gasteiger partial charge < -0.3 is 10.6 Å². The van der Waals surface area contributed by atoms with E-state index in [9.17, 15) is 4.79 Å². The van der Waals surface area contributed by atoms with Gasteiger partial charge in [0, 0.05) is 19.3 Å². The largest absolute Gasteiger partial charge is 0.365 e. The van der Waals surface area contributed by atoms with Gasteiger partial charge in [-0.2, -0.15) is 0 Å². The second-order valence-electron chi connectivity index (χ2n) is 5.93. The van der Waals surface area contributed by atoms with E-state index in [2.05, 4.69) is 32.7 Å². The van der Waals surface area contributed by atoms with Crippen molar-refractivity contribution in [2.75, 3.05) is 18.6 Å². The first-order valence-corrected chi connectivity index (χ1v) is 11.0. The SMILES string of the molecule is CNC(=O)c1c(NCc2ccccc2)nc(SC)nc1SCc1ccccc1. The molecule has 28 heavy (non-hydrogen) atoms. The van der Waals surface area contributed by atoms with Crippen molar-refractivity contribution in [1.82, 2.24) is 15.3 Å². The number of anilines is 1. The van der Waals surface area contributed by atoms with Crippen LogP contribution in [0.5, 0.6) is 0 Å². The van der Waals surface area contributed by atoms with Crippen molar-refractivity contribution in [2.24, 2.45) is 0 Å². The number of benzene rings is 2. The van der Waals surface area contributed by atoms with Gasteiger partial charge in [0.2, 0.25) is 0 Å². The van der Waals surface area contributed by atoms with Crippen molar-refractivity contribution in [1.29, 1.82) is 0 Å². The molecule has 0 saturated carbocycles. The molecule has 2 N–H and O–H groups in total. The molecule has 3 aromatic rings. The number of carbonyl (C=O) groups is 1. The first kappa shape index (κ1) is 20.2. The Morgan fingerprint density at radius 2 is 1.61 bits per heavy atom. The minimum absolute atomic E-state index is 0.196. The first-order chi connectivity index (χ1) is 13.7. The van der Waals surface area contributed by atoms with Crippen molar-refractivity contribution < 1.29 is 4.79 Å². The van der Waals surface area contributed by atoms with E-state index in [1.807, 2.05) is 54.8 Å². The van der Waals surface area contributed by atoms with Crippen LogP contribution in [0, 0.1) is 0 Å². The molecule has 0 radical (unpaired) electrons. The molecule has 7 heteroatoms. The maximum absolute atomic E-state index is 12.6. The summed E-state index contributed by atoms with van der Waals surface area (Å²) in [5.74, 6) is 1.09. The van der Waals surface area contributed by atoms with Crippen LogP contribution in [-0.4, -0.2) is 29.2 Å². The number of rotatable bonds is 8. The van der Waals surface area contributed by atoms with E-state index in [1.54, 1.807) is 18.8 Å². The summed E-state index contributed by atoms with van der Waals surface area (Å²) < 4.78 is 0. The summed E-state index contributed by atoms with van der Waals surface area (Å²) in [5.41, 5.74) is 2.78. The van der Waals surface area contributed by atoms with Crippen LogP contribution in [0.3, 0.4) is 0 Å². The fraction of sp³-hybridized carbons (Fsp3) is 0.190. The van der Waals surface area contributed by atoms with Gasteiger partial charge in [-0.3, -0.25) is 4.79 Å². The molecule has 0 aliphatic heterocycles. The van der Waals surface area contributed by atoms with E-state index in [1.165, 1.54) is 17.3 Å². The van der Waals surface area contributed by atoms with Crippen molar-refractivity contribution in [2.45, 2.75) is 22.5 Å². The molecule has 2 aromatic carbocycles. The number of thioether (sulfide) groups is 2. The summed E-state index contributed by atoms with van der Waals surface area (Å²) >= 11 is 3.01. The van der Waals surface area contributed by atoms with Crippen LogP contribution in [0.1, 0.15) is 21.5 Å². The molecular weight excluding hydrogens is 388 g/mol. The summed E-state index contributed by atoms with van der Waals surface area (Å²) in [6, 6.07) is 20.2. The molecule has 0 spiro atoms. The summed E-state index contributed by atoms with van der Waals surface area (Å²) in [7, 11) is 1.62. The molecule has 3 rings (SSSR count). The number of hydrogen-bond donors (Lipinski definition) is 2. The number of carbonyl (C=O) groups excluding carboxylic acids is 1. The van der Waals surface area contributed by atoms with Gasteiger partial charge in [0.1, 0.15) is 16.4 Å². The highest BCUT2D eigenvalue weighted by atomic mass is 32.2. The molecule has 144 valence electrons. The molecule has 1 aromatic heterocycles. The molecule has 0 unspecified atom stereocenters. The summed E-state index contributed by atoms with van der Waals surface area (Å²) in [5, 5.41) is 7.35. The van der Waals surface area contributed by atoms with Gasteiger partial charge in [0.05, 0.1) is 0 Å². The Hall–Kier alpha value is -2.51. The minimum atomic E-state index is -0.196. The third-order valence-electron chi connectivity index (χ3n) is 4.01.